The summed E-state index contributed by atoms with van der Waals surface area (Å²) >= 11 is 5.70. The molecule has 0 fully saturated rings. The Morgan fingerprint density at radius 3 is 2.87 bits per heavy atom. The highest BCUT2D eigenvalue weighted by atomic mass is 35.5. The number of aliphatic hydroxyl groups is 1. The largest absolute Gasteiger partial charge is 0.398 e. The quantitative estimate of drug-likeness (QED) is 0.677. The van der Waals surface area contributed by atoms with Crippen molar-refractivity contribution < 1.29 is 9.90 Å². The van der Waals surface area contributed by atoms with Crippen LogP contribution in [0.1, 0.15) is 17.3 Å². The minimum absolute atomic E-state index is 0.112. The molecular weight excluding hydrogens is 216 g/mol. The van der Waals surface area contributed by atoms with Gasteiger partial charge in [0.2, 0.25) is 0 Å². The van der Waals surface area contributed by atoms with Crippen LogP contribution in [-0.2, 0) is 0 Å². The molecule has 1 rings (SSSR count). The molecule has 0 spiro atoms. The molecule has 0 saturated carbocycles. The minimum atomic E-state index is -0.314. The van der Waals surface area contributed by atoms with E-state index in [4.69, 9.17) is 22.4 Å². The third-order valence-corrected chi connectivity index (χ3v) is 2.14. The average Bonchev–Trinajstić information content (AvgIpc) is 2.17. The second-order valence-corrected chi connectivity index (χ2v) is 3.73. The molecule has 0 saturated heterocycles. The zero-order valence-corrected chi connectivity index (χ0v) is 9.08. The number of carbonyl (C=O) groups is 1. The number of benzene rings is 1. The van der Waals surface area contributed by atoms with Gasteiger partial charge in [-0.05, 0) is 25.1 Å². The molecule has 0 radical (unpaired) electrons. The Bertz CT molecular complexity index is 368. The summed E-state index contributed by atoms with van der Waals surface area (Å²) in [6.45, 7) is 1.59. The molecule has 0 bridgehead atoms. The highest BCUT2D eigenvalue weighted by molar-refractivity contribution is 6.31. The van der Waals surface area contributed by atoms with E-state index in [2.05, 4.69) is 5.32 Å². The van der Waals surface area contributed by atoms with E-state index in [0.717, 1.165) is 0 Å². The fourth-order valence-electron chi connectivity index (χ4n) is 1.09. The van der Waals surface area contributed by atoms with E-state index in [-0.39, 0.29) is 18.6 Å². The van der Waals surface area contributed by atoms with Crippen LogP contribution >= 0.6 is 11.6 Å². The number of nitrogens with one attached hydrogen (secondary N) is 1. The van der Waals surface area contributed by atoms with Gasteiger partial charge in [0, 0.05) is 16.8 Å². The van der Waals surface area contributed by atoms with Crippen molar-refractivity contribution in [2.24, 2.45) is 0 Å². The predicted octanol–water partition coefficient (Wildman–Crippen LogP) is 1.03. The normalized spacial score (nSPS) is 12.2. The first kappa shape index (κ1) is 11.8. The number of halogens is 1. The zero-order chi connectivity index (χ0) is 11.4. The number of carbonyl (C=O) groups excluding carboxylic acids is 1. The van der Waals surface area contributed by atoms with Crippen molar-refractivity contribution in [3.63, 3.8) is 0 Å². The molecule has 4 N–H and O–H groups in total. The van der Waals surface area contributed by atoms with Gasteiger partial charge in [-0.1, -0.05) is 11.6 Å². The predicted molar refractivity (Wildman–Crippen MR) is 59.9 cm³/mol. The summed E-state index contributed by atoms with van der Waals surface area (Å²) in [7, 11) is 0. The number of nitrogen functional groups attached to an aromatic ring is 1. The van der Waals surface area contributed by atoms with Crippen molar-refractivity contribution in [1.29, 1.82) is 0 Å². The van der Waals surface area contributed by atoms with Crippen LogP contribution < -0.4 is 11.1 Å². The van der Waals surface area contributed by atoms with Crippen LogP contribution in [0.2, 0.25) is 5.02 Å². The molecule has 1 atom stereocenters. The summed E-state index contributed by atoms with van der Waals surface area (Å²) in [5, 5.41) is 11.9. The van der Waals surface area contributed by atoms with Crippen LogP contribution in [0.3, 0.4) is 0 Å². The molecule has 0 aromatic heterocycles. The number of rotatable bonds is 3. The number of hydrogen-bond donors (Lipinski definition) is 3. The summed E-state index contributed by atoms with van der Waals surface area (Å²) < 4.78 is 0. The molecule has 1 aromatic carbocycles. The molecular formula is C10H13ClN2O2. The summed E-state index contributed by atoms with van der Waals surface area (Å²) in [6.07, 6.45) is 0. The molecule has 15 heavy (non-hydrogen) atoms. The first-order chi connectivity index (χ1) is 7.04. The van der Waals surface area contributed by atoms with Crippen LogP contribution in [0.5, 0.6) is 0 Å². The van der Waals surface area contributed by atoms with E-state index in [9.17, 15) is 4.79 Å². The van der Waals surface area contributed by atoms with Gasteiger partial charge in [-0.25, -0.2) is 0 Å². The van der Waals surface area contributed by atoms with Crippen LogP contribution in [0, 0.1) is 0 Å². The maximum absolute atomic E-state index is 11.6. The Hall–Kier alpha value is -1.26. The third kappa shape index (κ3) is 3.11. The van der Waals surface area contributed by atoms with Gasteiger partial charge in [-0.3, -0.25) is 4.79 Å². The Kier molecular flexibility index (Phi) is 3.94. The smallest absolute Gasteiger partial charge is 0.253 e. The van der Waals surface area contributed by atoms with Gasteiger partial charge in [-0.2, -0.15) is 0 Å². The molecule has 0 heterocycles. The maximum atomic E-state index is 11.6. The molecule has 1 aromatic rings. The van der Waals surface area contributed by atoms with E-state index in [1.54, 1.807) is 19.1 Å². The van der Waals surface area contributed by atoms with E-state index < -0.39 is 0 Å². The van der Waals surface area contributed by atoms with E-state index in [0.29, 0.717) is 16.3 Å². The van der Waals surface area contributed by atoms with E-state index >= 15 is 0 Å². The van der Waals surface area contributed by atoms with Crippen molar-refractivity contribution in [1.82, 2.24) is 5.32 Å². The van der Waals surface area contributed by atoms with Crippen LogP contribution in [-0.4, -0.2) is 23.7 Å². The molecule has 1 unspecified atom stereocenters. The first-order valence-electron chi connectivity index (χ1n) is 4.51. The van der Waals surface area contributed by atoms with Crippen molar-refractivity contribution in [3.8, 4) is 0 Å². The van der Waals surface area contributed by atoms with E-state index in [1.807, 2.05) is 0 Å². The second-order valence-electron chi connectivity index (χ2n) is 3.29. The van der Waals surface area contributed by atoms with Crippen molar-refractivity contribution in [3.05, 3.63) is 28.8 Å². The fourth-order valence-corrected chi connectivity index (χ4v) is 1.27. The average molecular weight is 229 g/mol. The topological polar surface area (TPSA) is 75.3 Å². The minimum Gasteiger partial charge on any atom is -0.398 e. The highest BCUT2D eigenvalue weighted by Gasteiger charge is 2.11. The lowest BCUT2D eigenvalue weighted by Crippen LogP contribution is -2.35. The highest BCUT2D eigenvalue weighted by Crippen LogP contribution is 2.17. The van der Waals surface area contributed by atoms with Gasteiger partial charge in [-0.15, -0.1) is 0 Å². The molecule has 82 valence electrons. The van der Waals surface area contributed by atoms with Crippen molar-refractivity contribution >= 4 is 23.2 Å². The van der Waals surface area contributed by atoms with Crippen molar-refractivity contribution in [2.45, 2.75) is 13.0 Å². The summed E-state index contributed by atoms with van der Waals surface area (Å²) in [4.78, 5) is 11.6. The third-order valence-electron chi connectivity index (χ3n) is 1.91. The lowest BCUT2D eigenvalue weighted by Gasteiger charge is -2.12. The number of nitrogens with two attached hydrogens (primary N) is 1. The number of anilines is 1. The Morgan fingerprint density at radius 1 is 1.67 bits per heavy atom. The van der Waals surface area contributed by atoms with Crippen molar-refractivity contribution in [2.75, 3.05) is 12.3 Å². The number of aliphatic hydroxyl groups excluding tert-OH is 1. The second kappa shape index (κ2) is 5.00. The Morgan fingerprint density at radius 2 is 2.33 bits per heavy atom. The summed E-state index contributed by atoms with van der Waals surface area (Å²) in [5.74, 6) is -0.314. The molecule has 0 aliphatic carbocycles. The maximum Gasteiger partial charge on any atom is 0.253 e. The molecule has 0 aliphatic heterocycles. The van der Waals surface area contributed by atoms with Crippen LogP contribution in [0.25, 0.3) is 0 Å². The lowest BCUT2D eigenvalue weighted by atomic mass is 10.1. The number of hydrogen-bond acceptors (Lipinski definition) is 3. The number of amides is 1. The molecule has 1 amide bonds. The lowest BCUT2D eigenvalue weighted by molar-refractivity contribution is 0.0923. The Labute approximate surface area is 93.0 Å². The van der Waals surface area contributed by atoms with Gasteiger partial charge in [0.25, 0.3) is 5.91 Å². The molecule has 4 nitrogen and oxygen atoms in total. The van der Waals surface area contributed by atoms with Crippen LogP contribution in [0.15, 0.2) is 18.2 Å². The SMILES string of the molecule is CC(CO)NC(=O)c1ccc(Cl)cc1N. The Balaban J connectivity index is 2.82. The van der Waals surface area contributed by atoms with Gasteiger partial charge in [0.05, 0.1) is 12.2 Å². The standard InChI is InChI=1S/C10H13ClN2O2/c1-6(5-14)13-10(15)8-3-2-7(11)4-9(8)12/h2-4,6,14H,5,12H2,1H3,(H,13,15). The van der Waals surface area contributed by atoms with Gasteiger partial charge >= 0.3 is 0 Å². The summed E-state index contributed by atoms with van der Waals surface area (Å²) in [6, 6.07) is 4.36. The molecule has 0 aliphatic rings. The first-order valence-corrected chi connectivity index (χ1v) is 4.89. The van der Waals surface area contributed by atoms with Gasteiger partial charge in [0.1, 0.15) is 0 Å². The fraction of sp³-hybridized carbons (Fsp3) is 0.300. The van der Waals surface area contributed by atoms with E-state index in [1.165, 1.54) is 6.07 Å². The monoisotopic (exact) mass is 228 g/mol. The van der Waals surface area contributed by atoms with Crippen LogP contribution in [0.4, 0.5) is 5.69 Å². The summed E-state index contributed by atoms with van der Waals surface area (Å²) in [5.41, 5.74) is 6.32. The zero-order valence-electron chi connectivity index (χ0n) is 8.33. The molecule has 5 heteroatoms. The van der Waals surface area contributed by atoms with Gasteiger partial charge in [0.15, 0.2) is 0 Å². The van der Waals surface area contributed by atoms with Gasteiger partial charge < -0.3 is 16.2 Å².